The first kappa shape index (κ1) is 12.8. The lowest BCUT2D eigenvalue weighted by Crippen LogP contribution is -2.12. The van der Waals surface area contributed by atoms with Crippen LogP contribution in [0.15, 0.2) is 23.2 Å². The first-order valence-electron chi connectivity index (χ1n) is 6.01. The maximum Gasteiger partial charge on any atom is 0.282 e. The van der Waals surface area contributed by atoms with E-state index in [1.807, 2.05) is 6.92 Å². The second-order valence-electron chi connectivity index (χ2n) is 4.45. The summed E-state index contributed by atoms with van der Waals surface area (Å²) in [6.07, 6.45) is 1.55. The van der Waals surface area contributed by atoms with E-state index in [0.717, 1.165) is 24.5 Å². The van der Waals surface area contributed by atoms with Crippen LogP contribution in [0, 0.1) is 11.6 Å². The Hall–Kier alpha value is -1.65. The highest BCUT2D eigenvalue weighted by molar-refractivity contribution is 5.73. The molecule has 1 aromatic carbocycles. The van der Waals surface area contributed by atoms with Crippen LogP contribution >= 0.6 is 0 Å². The predicted octanol–water partition coefficient (Wildman–Crippen LogP) is 2.56. The summed E-state index contributed by atoms with van der Waals surface area (Å²) in [6.45, 7) is 2.47. The highest BCUT2D eigenvalue weighted by Crippen LogP contribution is 2.28. The van der Waals surface area contributed by atoms with Crippen molar-refractivity contribution in [2.45, 2.75) is 31.7 Å². The van der Waals surface area contributed by atoms with Gasteiger partial charge in [0.1, 0.15) is 6.61 Å². The standard InChI is InChI=1S/C13H16F2N2O/c1-2-8(5-10-7-18-13(16)17-10)9-3-4-11(14)12(15)6-9/h3-4,6,8,10H,2,5,7H2,1H3,(H2,16,17). The molecule has 0 bridgehead atoms. The van der Waals surface area contributed by atoms with Crippen molar-refractivity contribution in [3.63, 3.8) is 0 Å². The van der Waals surface area contributed by atoms with Crippen LogP contribution in [0.3, 0.4) is 0 Å². The van der Waals surface area contributed by atoms with Gasteiger partial charge in [-0.15, -0.1) is 0 Å². The minimum atomic E-state index is -0.819. The number of benzene rings is 1. The maximum atomic E-state index is 13.2. The van der Waals surface area contributed by atoms with Crippen molar-refractivity contribution in [3.8, 4) is 0 Å². The summed E-state index contributed by atoms with van der Waals surface area (Å²) in [6, 6.07) is 4.25. The molecule has 0 aliphatic carbocycles. The van der Waals surface area contributed by atoms with Crippen LogP contribution in [0.1, 0.15) is 31.2 Å². The van der Waals surface area contributed by atoms with Crippen molar-refractivity contribution in [3.05, 3.63) is 35.4 Å². The second-order valence-corrected chi connectivity index (χ2v) is 4.45. The lowest BCUT2D eigenvalue weighted by Gasteiger charge is -2.17. The number of hydrogen-bond donors (Lipinski definition) is 1. The van der Waals surface area contributed by atoms with E-state index in [2.05, 4.69) is 4.99 Å². The van der Waals surface area contributed by atoms with Crippen molar-refractivity contribution in [2.24, 2.45) is 10.7 Å². The minimum absolute atomic E-state index is 0.00284. The Kier molecular flexibility index (Phi) is 3.79. The van der Waals surface area contributed by atoms with Crippen molar-refractivity contribution in [1.29, 1.82) is 0 Å². The third kappa shape index (κ3) is 2.78. The number of halogens is 2. The zero-order valence-corrected chi connectivity index (χ0v) is 10.2. The Labute approximate surface area is 105 Å². The van der Waals surface area contributed by atoms with E-state index in [0.29, 0.717) is 6.61 Å². The molecule has 1 aliphatic rings. The molecule has 3 nitrogen and oxygen atoms in total. The van der Waals surface area contributed by atoms with Gasteiger partial charge in [-0.2, -0.15) is 0 Å². The van der Waals surface area contributed by atoms with Gasteiger partial charge >= 0.3 is 0 Å². The van der Waals surface area contributed by atoms with Gasteiger partial charge < -0.3 is 10.5 Å². The third-order valence-corrected chi connectivity index (χ3v) is 3.20. The fourth-order valence-electron chi connectivity index (χ4n) is 2.19. The van der Waals surface area contributed by atoms with E-state index in [4.69, 9.17) is 10.5 Å². The number of hydrogen-bond acceptors (Lipinski definition) is 3. The lowest BCUT2D eigenvalue weighted by molar-refractivity contribution is 0.301. The molecular formula is C13H16F2N2O. The zero-order chi connectivity index (χ0) is 13.1. The second kappa shape index (κ2) is 5.33. The molecule has 98 valence electrons. The summed E-state index contributed by atoms with van der Waals surface area (Å²) in [5.74, 6) is -1.50. The minimum Gasteiger partial charge on any atom is -0.463 e. The van der Waals surface area contributed by atoms with Crippen LogP contribution in [0.25, 0.3) is 0 Å². The highest BCUT2D eigenvalue weighted by Gasteiger charge is 2.22. The zero-order valence-electron chi connectivity index (χ0n) is 10.2. The van der Waals surface area contributed by atoms with E-state index < -0.39 is 11.6 Å². The molecule has 0 amide bonds. The summed E-state index contributed by atoms with van der Waals surface area (Å²) in [4.78, 5) is 4.15. The number of nitrogens with two attached hydrogens (primary N) is 1. The molecular weight excluding hydrogens is 238 g/mol. The van der Waals surface area contributed by atoms with Gasteiger partial charge in [0.05, 0.1) is 6.04 Å². The summed E-state index contributed by atoms with van der Waals surface area (Å²) in [5.41, 5.74) is 6.23. The van der Waals surface area contributed by atoms with Crippen LogP contribution in [0.4, 0.5) is 8.78 Å². The molecule has 0 radical (unpaired) electrons. The molecule has 2 N–H and O–H groups in total. The fourth-order valence-corrected chi connectivity index (χ4v) is 2.19. The summed E-state index contributed by atoms with van der Waals surface area (Å²) in [5, 5.41) is 0. The van der Waals surface area contributed by atoms with Gasteiger partial charge in [-0.05, 0) is 36.5 Å². The third-order valence-electron chi connectivity index (χ3n) is 3.20. The van der Waals surface area contributed by atoms with Gasteiger partial charge in [0.25, 0.3) is 6.02 Å². The fraction of sp³-hybridized carbons (Fsp3) is 0.462. The summed E-state index contributed by atoms with van der Waals surface area (Å²) in [7, 11) is 0. The highest BCUT2D eigenvalue weighted by atomic mass is 19.2. The molecule has 0 fully saturated rings. The molecule has 0 aromatic heterocycles. The number of ether oxygens (including phenoxy) is 1. The molecule has 0 saturated carbocycles. The largest absolute Gasteiger partial charge is 0.463 e. The van der Waals surface area contributed by atoms with Crippen LogP contribution in [0.5, 0.6) is 0 Å². The van der Waals surface area contributed by atoms with Gasteiger partial charge in [0.15, 0.2) is 11.6 Å². The summed E-state index contributed by atoms with van der Waals surface area (Å²) < 4.78 is 31.2. The topological polar surface area (TPSA) is 47.6 Å². The SMILES string of the molecule is CCC(CC1COC(N)=N1)c1ccc(F)c(F)c1. The first-order chi connectivity index (χ1) is 8.60. The first-order valence-corrected chi connectivity index (χ1v) is 6.01. The average molecular weight is 254 g/mol. The van der Waals surface area contributed by atoms with E-state index >= 15 is 0 Å². The van der Waals surface area contributed by atoms with Gasteiger partial charge in [0.2, 0.25) is 0 Å². The van der Waals surface area contributed by atoms with Crippen molar-refractivity contribution in [2.75, 3.05) is 6.61 Å². The Balaban J connectivity index is 2.10. The quantitative estimate of drug-likeness (QED) is 0.897. The van der Waals surface area contributed by atoms with E-state index in [-0.39, 0.29) is 18.0 Å². The molecule has 0 spiro atoms. The molecule has 1 aromatic rings. The van der Waals surface area contributed by atoms with Crippen molar-refractivity contribution in [1.82, 2.24) is 0 Å². The van der Waals surface area contributed by atoms with E-state index in [1.54, 1.807) is 6.07 Å². The van der Waals surface area contributed by atoms with Crippen LogP contribution in [-0.2, 0) is 4.74 Å². The van der Waals surface area contributed by atoms with Crippen molar-refractivity contribution >= 4 is 6.02 Å². The molecule has 0 saturated heterocycles. The number of rotatable bonds is 4. The summed E-state index contributed by atoms with van der Waals surface area (Å²) >= 11 is 0. The Morgan fingerprint density at radius 2 is 2.22 bits per heavy atom. The average Bonchev–Trinajstić information content (AvgIpc) is 2.75. The van der Waals surface area contributed by atoms with Crippen LogP contribution in [0.2, 0.25) is 0 Å². The maximum absolute atomic E-state index is 13.2. The van der Waals surface area contributed by atoms with Gasteiger partial charge in [-0.1, -0.05) is 13.0 Å². The van der Waals surface area contributed by atoms with Crippen molar-refractivity contribution < 1.29 is 13.5 Å². The molecule has 18 heavy (non-hydrogen) atoms. The van der Waals surface area contributed by atoms with E-state index in [9.17, 15) is 8.78 Å². The van der Waals surface area contributed by atoms with Gasteiger partial charge in [-0.25, -0.2) is 13.8 Å². The Morgan fingerprint density at radius 1 is 1.44 bits per heavy atom. The number of amidine groups is 1. The normalized spacial score (nSPS) is 20.4. The Morgan fingerprint density at radius 3 is 2.78 bits per heavy atom. The van der Waals surface area contributed by atoms with Gasteiger partial charge in [0, 0.05) is 0 Å². The van der Waals surface area contributed by atoms with E-state index in [1.165, 1.54) is 6.07 Å². The molecule has 5 heteroatoms. The number of nitrogens with zero attached hydrogens (tertiary/aromatic N) is 1. The molecule has 1 aliphatic heterocycles. The van der Waals surface area contributed by atoms with Crippen LogP contribution < -0.4 is 5.73 Å². The van der Waals surface area contributed by atoms with Gasteiger partial charge in [-0.3, -0.25) is 0 Å². The molecule has 2 unspecified atom stereocenters. The molecule has 2 atom stereocenters. The monoisotopic (exact) mass is 254 g/mol. The lowest BCUT2D eigenvalue weighted by atomic mass is 9.90. The van der Waals surface area contributed by atoms with Crippen LogP contribution in [-0.4, -0.2) is 18.7 Å². The smallest absolute Gasteiger partial charge is 0.282 e. The molecule has 2 rings (SSSR count). The number of aliphatic imine (C=N–C) groups is 1. The molecule has 1 heterocycles. The predicted molar refractivity (Wildman–Crippen MR) is 65.4 cm³/mol. The Bertz CT molecular complexity index is 462.